The Morgan fingerprint density at radius 3 is 2.12 bits per heavy atom. The minimum Gasteiger partial charge on any atom is -0.496 e. The number of hydrogen-bond donors (Lipinski definition) is 0. The molecule has 128 valence electrons. The van der Waals surface area contributed by atoms with Gasteiger partial charge in [0, 0.05) is 35.7 Å². The van der Waals surface area contributed by atoms with Gasteiger partial charge < -0.3 is 14.2 Å². The number of nitrogens with zero attached hydrogens (tertiary/aromatic N) is 1. The fourth-order valence-electron chi connectivity index (χ4n) is 2.89. The molecule has 0 unspecified atom stereocenters. The SMILES string of the molecule is COc1cc(OC)c(/C=C/c2ccc3ccccc3[n+]2C)c(OC)c1. The number of aromatic nitrogens is 1. The van der Waals surface area contributed by atoms with Crippen LogP contribution in [0.15, 0.2) is 48.5 Å². The van der Waals surface area contributed by atoms with Gasteiger partial charge >= 0.3 is 0 Å². The van der Waals surface area contributed by atoms with Gasteiger partial charge in [-0.05, 0) is 18.2 Å². The van der Waals surface area contributed by atoms with E-state index in [1.54, 1.807) is 21.3 Å². The van der Waals surface area contributed by atoms with Gasteiger partial charge in [0.1, 0.15) is 24.3 Å². The molecule has 0 saturated carbocycles. The van der Waals surface area contributed by atoms with Gasteiger partial charge in [0.05, 0.1) is 26.9 Å². The quantitative estimate of drug-likeness (QED) is 0.663. The van der Waals surface area contributed by atoms with Crippen molar-refractivity contribution in [1.82, 2.24) is 0 Å². The van der Waals surface area contributed by atoms with Crippen molar-refractivity contribution in [2.24, 2.45) is 7.05 Å². The summed E-state index contributed by atoms with van der Waals surface area (Å²) in [5, 5.41) is 1.21. The van der Waals surface area contributed by atoms with Crippen LogP contribution in [0.2, 0.25) is 0 Å². The number of aryl methyl sites for hydroxylation is 1. The number of methoxy groups -OCH3 is 3. The van der Waals surface area contributed by atoms with Crippen LogP contribution in [0, 0.1) is 0 Å². The molecule has 0 aliphatic rings. The summed E-state index contributed by atoms with van der Waals surface area (Å²) >= 11 is 0. The lowest BCUT2D eigenvalue weighted by molar-refractivity contribution is -0.646. The first-order valence-corrected chi connectivity index (χ1v) is 8.03. The Hall–Kier alpha value is -3.01. The van der Waals surface area contributed by atoms with Crippen LogP contribution >= 0.6 is 0 Å². The van der Waals surface area contributed by atoms with Crippen LogP contribution < -0.4 is 18.8 Å². The van der Waals surface area contributed by atoms with Crippen molar-refractivity contribution < 1.29 is 18.8 Å². The third-order valence-corrected chi connectivity index (χ3v) is 4.29. The lowest BCUT2D eigenvalue weighted by Crippen LogP contribution is -2.32. The molecule has 0 amide bonds. The Morgan fingerprint density at radius 2 is 1.48 bits per heavy atom. The fraction of sp³-hybridized carbons (Fsp3) is 0.190. The van der Waals surface area contributed by atoms with Crippen LogP contribution in [0.4, 0.5) is 0 Å². The van der Waals surface area contributed by atoms with Crippen molar-refractivity contribution in [3.63, 3.8) is 0 Å². The van der Waals surface area contributed by atoms with E-state index < -0.39 is 0 Å². The molecule has 0 radical (unpaired) electrons. The van der Waals surface area contributed by atoms with Gasteiger partial charge in [0.15, 0.2) is 0 Å². The second-order valence-corrected chi connectivity index (χ2v) is 5.65. The maximum atomic E-state index is 5.50. The Bertz CT molecular complexity index is 907. The van der Waals surface area contributed by atoms with Gasteiger partial charge in [-0.2, -0.15) is 4.57 Å². The van der Waals surface area contributed by atoms with Crippen LogP contribution in [0.5, 0.6) is 17.2 Å². The summed E-state index contributed by atoms with van der Waals surface area (Å²) in [5.74, 6) is 2.11. The number of hydrogen-bond acceptors (Lipinski definition) is 3. The van der Waals surface area contributed by atoms with Gasteiger partial charge in [-0.15, -0.1) is 0 Å². The maximum Gasteiger partial charge on any atom is 0.212 e. The highest BCUT2D eigenvalue weighted by molar-refractivity contribution is 5.79. The monoisotopic (exact) mass is 336 g/mol. The van der Waals surface area contributed by atoms with E-state index in [1.165, 1.54) is 10.9 Å². The molecule has 0 aliphatic carbocycles. The summed E-state index contributed by atoms with van der Waals surface area (Å²) in [6.45, 7) is 0. The van der Waals surface area contributed by atoms with Gasteiger partial charge in [-0.3, -0.25) is 0 Å². The molecule has 0 N–H and O–H groups in total. The molecule has 1 aromatic heterocycles. The van der Waals surface area contributed by atoms with E-state index in [0.29, 0.717) is 17.2 Å². The topological polar surface area (TPSA) is 31.6 Å². The van der Waals surface area contributed by atoms with E-state index in [2.05, 4.69) is 42.0 Å². The minimum absolute atomic E-state index is 0.696. The molecule has 25 heavy (non-hydrogen) atoms. The van der Waals surface area contributed by atoms with Crippen LogP contribution in [0.3, 0.4) is 0 Å². The Kier molecular flexibility index (Phi) is 4.89. The highest BCUT2D eigenvalue weighted by Crippen LogP contribution is 2.35. The molecule has 0 fully saturated rings. The summed E-state index contributed by atoms with van der Waals surface area (Å²) in [5.41, 5.74) is 3.14. The number of pyridine rings is 1. The predicted molar refractivity (Wildman–Crippen MR) is 100 cm³/mol. The molecule has 0 aliphatic heterocycles. The molecule has 0 bridgehead atoms. The highest BCUT2D eigenvalue weighted by Gasteiger charge is 2.13. The standard InChI is InChI=1S/C21H22NO3/c1-22-16(10-9-15-7-5-6-8-19(15)22)11-12-18-20(24-3)13-17(23-2)14-21(18)25-4/h5-14H,1-4H3/q+1/b12-11+. The molecule has 3 rings (SSSR count). The van der Waals surface area contributed by atoms with Crippen molar-refractivity contribution >= 4 is 23.1 Å². The molecule has 1 heterocycles. The van der Waals surface area contributed by atoms with Crippen LogP contribution in [-0.2, 0) is 7.05 Å². The fourth-order valence-corrected chi connectivity index (χ4v) is 2.89. The van der Waals surface area contributed by atoms with E-state index >= 15 is 0 Å². The van der Waals surface area contributed by atoms with Gasteiger partial charge in [-0.1, -0.05) is 12.1 Å². The van der Waals surface area contributed by atoms with Gasteiger partial charge in [-0.25, -0.2) is 0 Å². The molecular weight excluding hydrogens is 314 g/mol. The maximum absolute atomic E-state index is 5.50. The van der Waals surface area contributed by atoms with E-state index in [0.717, 1.165) is 11.3 Å². The Balaban J connectivity index is 2.06. The number of ether oxygens (including phenoxy) is 3. The zero-order chi connectivity index (χ0) is 17.8. The molecule has 2 aromatic carbocycles. The van der Waals surface area contributed by atoms with E-state index in [-0.39, 0.29) is 0 Å². The molecular formula is C21H22NO3+. The number of fused-ring (bicyclic) bond motifs is 1. The number of rotatable bonds is 5. The van der Waals surface area contributed by atoms with E-state index in [1.807, 2.05) is 30.3 Å². The predicted octanol–water partition coefficient (Wildman–Crippen LogP) is 3.86. The number of para-hydroxylation sites is 1. The van der Waals surface area contributed by atoms with Crippen LogP contribution in [0.25, 0.3) is 23.1 Å². The first-order valence-electron chi connectivity index (χ1n) is 8.03. The normalized spacial score (nSPS) is 11.0. The van der Waals surface area contributed by atoms with Crippen molar-refractivity contribution in [3.05, 3.63) is 59.8 Å². The van der Waals surface area contributed by atoms with Crippen molar-refractivity contribution in [1.29, 1.82) is 0 Å². The second-order valence-electron chi connectivity index (χ2n) is 5.65. The molecule has 0 atom stereocenters. The zero-order valence-corrected chi connectivity index (χ0v) is 14.9. The van der Waals surface area contributed by atoms with Crippen molar-refractivity contribution in [2.75, 3.05) is 21.3 Å². The van der Waals surface area contributed by atoms with E-state index in [4.69, 9.17) is 14.2 Å². The smallest absolute Gasteiger partial charge is 0.212 e. The summed E-state index contributed by atoms with van der Waals surface area (Å²) in [6.07, 6.45) is 4.06. The molecule has 3 aromatic rings. The minimum atomic E-state index is 0.696. The zero-order valence-electron chi connectivity index (χ0n) is 14.9. The van der Waals surface area contributed by atoms with Crippen LogP contribution in [0.1, 0.15) is 11.3 Å². The average molecular weight is 336 g/mol. The Morgan fingerprint density at radius 1 is 0.800 bits per heavy atom. The van der Waals surface area contributed by atoms with Gasteiger partial charge in [0.2, 0.25) is 11.2 Å². The molecule has 0 spiro atoms. The van der Waals surface area contributed by atoms with Gasteiger partial charge in [0.25, 0.3) is 0 Å². The van der Waals surface area contributed by atoms with Crippen LogP contribution in [-0.4, -0.2) is 21.3 Å². The summed E-state index contributed by atoms with van der Waals surface area (Å²) in [6, 6.07) is 16.2. The summed E-state index contributed by atoms with van der Waals surface area (Å²) in [4.78, 5) is 0. The summed E-state index contributed by atoms with van der Waals surface area (Å²) in [7, 11) is 6.96. The number of benzene rings is 2. The molecule has 4 nitrogen and oxygen atoms in total. The lowest BCUT2D eigenvalue weighted by atomic mass is 10.1. The molecule has 4 heteroatoms. The van der Waals surface area contributed by atoms with Crippen molar-refractivity contribution in [3.8, 4) is 17.2 Å². The second kappa shape index (κ2) is 7.26. The summed E-state index contributed by atoms with van der Waals surface area (Å²) < 4.78 is 18.5. The highest BCUT2D eigenvalue weighted by atomic mass is 16.5. The van der Waals surface area contributed by atoms with Crippen molar-refractivity contribution in [2.45, 2.75) is 0 Å². The van der Waals surface area contributed by atoms with E-state index in [9.17, 15) is 0 Å². The first-order chi connectivity index (χ1) is 12.2. The molecule has 0 saturated heterocycles. The third-order valence-electron chi connectivity index (χ3n) is 4.29. The first kappa shape index (κ1) is 16.8. The Labute approximate surface area is 147 Å². The lowest BCUT2D eigenvalue weighted by Gasteiger charge is -2.12. The third kappa shape index (κ3) is 3.29. The average Bonchev–Trinajstić information content (AvgIpc) is 2.67. The largest absolute Gasteiger partial charge is 0.496 e.